The van der Waals surface area contributed by atoms with Crippen molar-refractivity contribution in [1.29, 1.82) is 5.26 Å². The zero-order chi connectivity index (χ0) is 19.8. The first-order chi connectivity index (χ1) is 12.9. The van der Waals surface area contributed by atoms with Crippen molar-refractivity contribution in [3.8, 4) is 6.07 Å². The first kappa shape index (κ1) is 20.6. The van der Waals surface area contributed by atoms with E-state index in [0.29, 0.717) is 18.2 Å². The van der Waals surface area contributed by atoms with E-state index in [-0.39, 0.29) is 31.2 Å². The van der Waals surface area contributed by atoms with Gasteiger partial charge < -0.3 is 4.90 Å². The molecule has 0 spiro atoms. The Hall–Kier alpha value is -2.71. The van der Waals surface area contributed by atoms with Gasteiger partial charge in [0.2, 0.25) is 5.91 Å². The van der Waals surface area contributed by atoms with Crippen molar-refractivity contribution in [2.75, 3.05) is 25.0 Å². The second-order valence-corrected chi connectivity index (χ2v) is 7.00. The number of anilines is 1. The van der Waals surface area contributed by atoms with Crippen LogP contribution in [0.4, 0.5) is 10.1 Å². The predicted octanol–water partition coefficient (Wildman–Crippen LogP) is 4.33. The molecule has 0 N–H and O–H groups in total. The second-order valence-electron chi connectivity index (χ2n) is 7.00. The molecule has 0 radical (unpaired) electrons. The Labute approximate surface area is 160 Å². The van der Waals surface area contributed by atoms with Gasteiger partial charge in [0.25, 0.3) is 0 Å². The van der Waals surface area contributed by atoms with Crippen molar-refractivity contribution in [1.82, 2.24) is 4.90 Å². The van der Waals surface area contributed by atoms with Crippen molar-refractivity contribution < 1.29 is 9.18 Å². The molecule has 2 rings (SSSR count). The highest BCUT2D eigenvalue weighted by Crippen LogP contribution is 2.17. The summed E-state index contributed by atoms with van der Waals surface area (Å²) in [6.45, 7) is 5.47. The normalized spacial score (nSPS) is 10.9. The van der Waals surface area contributed by atoms with Gasteiger partial charge in [-0.2, -0.15) is 5.26 Å². The number of nitrogens with zero attached hydrogens (tertiary/aromatic N) is 3. The minimum absolute atomic E-state index is 0.113. The topological polar surface area (TPSA) is 47.3 Å². The van der Waals surface area contributed by atoms with Crippen molar-refractivity contribution in [3.63, 3.8) is 0 Å². The van der Waals surface area contributed by atoms with E-state index in [1.54, 1.807) is 17.0 Å². The van der Waals surface area contributed by atoms with Crippen LogP contribution >= 0.6 is 0 Å². The summed E-state index contributed by atoms with van der Waals surface area (Å²) in [4.78, 5) is 16.2. The summed E-state index contributed by atoms with van der Waals surface area (Å²) in [7, 11) is 1.89. The van der Waals surface area contributed by atoms with Crippen LogP contribution in [0.15, 0.2) is 48.5 Å². The van der Waals surface area contributed by atoms with Crippen LogP contribution in [0.5, 0.6) is 0 Å². The molecule has 0 aliphatic heterocycles. The SMILES string of the molecule is CC(C)c1ccc(CN(C)CC(=O)N(CCC#N)c2ccc(F)cc2)cc1. The van der Waals surface area contributed by atoms with E-state index < -0.39 is 0 Å². The molecule has 0 fully saturated rings. The van der Waals surface area contributed by atoms with Crippen LogP contribution in [0.25, 0.3) is 0 Å². The fourth-order valence-electron chi connectivity index (χ4n) is 2.87. The summed E-state index contributed by atoms with van der Waals surface area (Å²) in [6.07, 6.45) is 0.226. The van der Waals surface area contributed by atoms with Crippen molar-refractivity contribution in [2.24, 2.45) is 0 Å². The maximum Gasteiger partial charge on any atom is 0.241 e. The molecule has 0 unspecified atom stereocenters. The number of hydrogen-bond acceptors (Lipinski definition) is 3. The number of halogens is 1. The average molecular weight is 367 g/mol. The van der Waals surface area contributed by atoms with E-state index >= 15 is 0 Å². The first-order valence-corrected chi connectivity index (χ1v) is 9.11. The molecule has 2 aromatic rings. The van der Waals surface area contributed by atoms with Crippen LogP contribution in [0.1, 0.15) is 37.3 Å². The van der Waals surface area contributed by atoms with E-state index in [0.717, 1.165) is 5.56 Å². The van der Waals surface area contributed by atoms with Gasteiger partial charge in [0.05, 0.1) is 19.0 Å². The summed E-state index contributed by atoms with van der Waals surface area (Å²) in [6, 6.07) is 16.2. The van der Waals surface area contributed by atoms with Crippen molar-refractivity contribution in [2.45, 2.75) is 32.7 Å². The quantitative estimate of drug-likeness (QED) is 0.698. The number of carbonyl (C=O) groups is 1. The molecular formula is C22H26FN3O. The molecule has 0 saturated heterocycles. The van der Waals surface area contributed by atoms with E-state index in [1.807, 2.05) is 11.9 Å². The first-order valence-electron chi connectivity index (χ1n) is 9.11. The monoisotopic (exact) mass is 367 g/mol. The molecule has 4 nitrogen and oxygen atoms in total. The van der Waals surface area contributed by atoms with Gasteiger partial charge in [0.15, 0.2) is 0 Å². The lowest BCUT2D eigenvalue weighted by atomic mass is 10.0. The van der Waals surface area contributed by atoms with E-state index in [2.05, 4.69) is 44.2 Å². The number of carbonyl (C=O) groups excluding carboxylic acids is 1. The van der Waals surface area contributed by atoms with E-state index in [9.17, 15) is 9.18 Å². The molecule has 27 heavy (non-hydrogen) atoms. The van der Waals surface area contributed by atoms with Gasteiger partial charge in [0, 0.05) is 18.8 Å². The molecule has 2 aromatic carbocycles. The third kappa shape index (κ3) is 6.19. The zero-order valence-electron chi connectivity index (χ0n) is 16.2. The molecule has 142 valence electrons. The molecule has 1 amide bonds. The lowest BCUT2D eigenvalue weighted by Crippen LogP contribution is -2.39. The maximum absolute atomic E-state index is 13.2. The van der Waals surface area contributed by atoms with Gasteiger partial charge in [0.1, 0.15) is 5.82 Å². The van der Waals surface area contributed by atoms with Gasteiger partial charge in [-0.15, -0.1) is 0 Å². The second kappa shape index (κ2) is 9.84. The predicted molar refractivity (Wildman–Crippen MR) is 106 cm³/mol. The van der Waals surface area contributed by atoms with Crippen LogP contribution in [0, 0.1) is 17.1 Å². The number of rotatable bonds is 8. The Bertz CT molecular complexity index is 779. The van der Waals surface area contributed by atoms with Gasteiger partial charge >= 0.3 is 0 Å². The summed E-state index contributed by atoms with van der Waals surface area (Å²) in [5, 5.41) is 8.87. The van der Waals surface area contributed by atoms with Crippen molar-refractivity contribution >= 4 is 11.6 Å². The smallest absolute Gasteiger partial charge is 0.241 e. The van der Waals surface area contributed by atoms with Crippen LogP contribution in [-0.4, -0.2) is 30.9 Å². The van der Waals surface area contributed by atoms with Crippen LogP contribution in [0.2, 0.25) is 0 Å². The molecule has 0 aromatic heterocycles. The Morgan fingerprint density at radius 3 is 2.30 bits per heavy atom. The minimum Gasteiger partial charge on any atom is -0.310 e. The lowest BCUT2D eigenvalue weighted by molar-refractivity contribution is -0.119. The van der Waals surface area contributed by atoms with Gasteiger partial charge in [-0.05, 0) is 48.4 Å². The van der Waals surface area contributed by atoms with E-state index in [1.165, 1.54) is 17.7 Å². The third-order valence-electron chi connectivity index (χ3n) is 4.39. The number of nitriles is 1. The molecular weight excluding hydrogens is 341 g/mol. The van der Waals surface area contributed by atoms with Crippen molar-refractivity contribution in [3.05, 3.63) is 65.5 Å². The molecule has 0 atom stereocenters. The lowest BCUT2D eigenvalue weighted by Gasteiger charge is -2.25. The highest BCUT2D eigenvalue weighted by Gasteiger charge is 2.17. The summed E-state index contributed by atoms with van der Waals surface area (Å²) < 4.78 is 13.2. The number of hydrogen-bond donors (Lipinski definition) is 0. The summed E-state index contributed by atoms with van der Waals surface area (Å²) in [5.41, 5.74) is 3.03. The van der Waals surface area contributed by atoms with Crippen LogP contribution < -0.4 is 4.90 Å². The molecule has 5 heteroatoms. The molecule has 0 saturated carbocycles. The van der Waals surface area contributed by atoms with Gasteiger partial charge in [-0.1, -0.05) is 38.1 Å². The Morgan fingerprint density at radius 1 is 1.11 bits per heavy atom. The summed E-state index contributed by atoms with van der Waals surface area (Å²) in [5.74, 6) is 0.0225. The fourth-order valence-corrected chi connectivity index (χ4v) is 2.87. The third-order valence-corrected chi connectivity index (χ3v) is 4.39. The molecule has 0 aliphatic rings. The highest BCUT2D eigenvalue weighted by molar-refractivity contribution is 5.94. The number of benzene rings is 2. The summed E-state index contributed by atoms with van der Waals surface area (Å²) >= 11 is 0. The molecule has 0 bridgehead atoms. The minimum atomic E-state index is -0.353. The zero-order valence-corrected chi connectivity index (χ0v) is 16.2. The van der Waals surface area contributed by atoms with Crippen LogP contribution in [-0.2, 0) is 11.3 Å². The Morgan fingerprint density at radius 2 is 1.74 bits per heavy atom. The Balaban J connectivity index is 2.02. The maximum atomic E-state index is 13.2. The van der Waals surface area contributed by atoms with Gasteiger partial charge in [-0.3, -0.25) is 9.69 Å². The standard InChI is InChI=1S/C22H26FN3O/c1-17(2)19-7-5-18(6-8-19)15-25(3)16-22(27)26(14-4-13-24)21-11-9-20(23)10-12-21/h5-12,17H,4,14-16H2,1-3H3. The number of amides is 1. The largest absolute Gasteiger partial charge is 0.310 e. The fraction of sp³-hybridized carbons (Fsp3) is 0.364. The number of likely N-dealkylation sites (N-methyl/N-ethyl adjacent to an activating group) is 1. The van der Waals surface area contributed by atoms with E-state index in [4.69, 9.17) is 5.26 Å². The average Bonchev–Trinajstić information content (AvgIpc) is 2.63. The molecule has 0 heterocycles. The molecule has 0 aliphatic carbocycles. The van der Waals surface area contributed by atoms with Crippen LogP contribution in [0.3, 0.4) is 0 Å². The Kier molecular flexibility index (Phi) is 7.51. The van der Waals surface area contributed by atoms with Gasteiger partial charge in [-0.25, -0.2) is 4.39 Å². The highest BCUT2D eigenvalue weighted by atomic mass is 19.1.